The lowest BCUT2D eigenvalue weighted by atomic mass is 10.1. The minimum atomic E-state index is 0.338. The first-order valence-electron chi connectivity index (χ1n) is 10.0. The Hall–Kier alpha value is -3.13. The maximum Gasteiger partial charge on any atom is 0.167 e. The molecule has 0 spiro atoms. The third-order valence-electron chi connectivity index (χ3n) is 5.22. The van der Waals surface area contributed by atoms with Crippen molar-refractivity contribution in [2.75, 3.05) is 30.5 Å². The monoisotopic (exact) mass is 392 g/mol. The first kappa shape index (κ1) is 17.9. The van der Waals surface area contributed by atoms with Crippen LogP contribution in [0.5, 0.6) is 5.75 Å². The topological polar surface area (TPSA) is 97.0 Å². The summed E-state index contributed by atoms with van der Waals surface area (Å²) in [6.07, 6.45) is 2.84. The number of benzene rings is 1. The van der Waals surface area contributed by atoms with E-state index in [0.29, 0.717) is 24.3 Å². The highest BCUT2D eigenvalue weighted by molar-refractivity contribution is 5.71. The van der Waals surface area contributed by atoms with E-state index in [1.54, 1.807) is 0 Å². The molecule has 8 nitrogen and oxygen atoms in total. The average Bonchev–Trinajstić information content (AvgIpc) is 3.37. The predicted octanol–water partition coefficient (Wildman–Crippen LogP) is 3.44. The van der Waals surface area contributed by atoms with E-state index in [-0.39, 0.29) is 0 Å². The van der Waals surface area contributed by atoms with E-state index in [1.807, 2.05) is 31.2 Å². The number of aromatic nitrogens is 4. The van der Waals surface area contributed by atoms with Gasteiger partial charge >= 0.3 is 0 Å². The Kier molecular flexibility index (Phi) is 4.77. The van der Waals surface area contributed by atoms with Gasteiger partial charge in [-0.15, -0.1) is 0 Å². The van der Waals surface area contributed by atoms with Gasteiger partial charge in [-0.3, -0.25) is 5.10 Å². The second-order valence-electron chi connectivity index (χ2n) is 7.45. The van der Waals surface area contributed by atoms with Gasteiger partial charge in [0, 0.05) is 43.5 Å². The second kappa shape index (κ2) is 7.71. The number of hydrogen-bond donors (Lipinski definition) is 3. The van der Waals surface area contributed by atoms with Crippen molar-refractivity contribution in [3.05, 3.63) is 41.6 Å². The lowest BCUT2D eigenvalue weighted by Crippen LogP contribution is -2.28. The molecule has 0 atom stereocenters. The van der Waals surface area contributed by atoms with Gasteiger partial charge in [-0.1, -0.05) is 12.1 Å². The van der Waals surface area contributed by atoms with Gasteiger partial charge in [0.1, 0.15) is 17.4 Å². The summed E-state index contributed by atoms with van der Waals surface area (Å²) >= 11 is 0. The number of fused-ring (bicyclic) bond motifs is 1. The van der Waals surface area contributed by atoms with Crippen LogP contribution in [0.2, 0.25) is 0 Å². The van der Waals surface area contributed by atoms with Crippen LogP contribution in [0.25, 0.3) is 11.4 Å². The minimum absolute atomic E-state index is 0.338. The fourth-order valence-electron chi connectivity index (χ4n) is 3.76. The van der Waals surface area contributed by atoms with E-state index >= 15 is 0 Å². The molecule has 4 heterocycles. The van der Waals surface area contributed by atoms with Gasteiger partial charge < -0.3 is 20.1 Å². The molecule has 2 aromatic heterocycles. The maximum atomic E-state index is 5.88. The molecule has 5 rings (SSSR count). The number of aromatic amines is 1. The van der Waals surface area contributed by atoms with Crippen molar-refractivity contribution in [2.24, 2.45) is 0 Å². The number of para-hydroxylation sites is 1. The smallest absolute Gasteiger partial charge is 0.167 e. The molecule has 2 aliphatic rings. The molecule has 8 heteroatoms. The fraction of sp³-hybridized carbons (Fsp3) is 0.381. The number of anilines is 3. The first-order valence-corrected chi connectivity index (χ1v) is 10.0. The van der Waals surface area contributed by atoms with E-state index in [2.05, 4.69) is 26.9 Å². The van der Waals surface area contributed by atoms with Gasteiger partial charge in [0.05, 0.1) is 12.2 Å². The number of H-pyrrole nitrogens is 1. The van der Waals surface area contributed by atoms with Gasteiger partial charge in [0.25, 0.3) is 0 Å². The van der Waals surface area contributed by atoms with Crippen LogP contribution in [0.15, 0.2) is 30.3 Å². The highest BCUT2D eigenvalue weighted by Crippen LogP contribution is 2.36. The Morgan fingerprint density at radius 3 is 2.72 bits per heavy atom. The van der Waals surface area contributed by atoms with E-state index in [4.69, 9.17) is 19.4 Å². The zero-order valence-corrected chi connectivity index (χ0v) is 16.4. The van der Waals surface area contributed by atoms with Crippen molar-refractivity contribution in [1.29, 1.82) is 0 Å². The lowest BCUT2D eigenvalue weighted by Gasteiger charge is -2.24. The first-order chi connectivity index (χ1) is 14.2. The summed E-state index contributed by atoms with van der Waals surface area (Å²) < 4.78 is 11.4. The largest absolute Gasteiger partial charge is 0.492 e. The quantitative estimate of drug-likeness (QED) is 0.612. The zero-order chi connectivity index (χ0) is 19.6. The highest BCUT2D eigenvalue weighted by Gasteiger charge is 2.21. The molecule has 29 heavy (non-hydrogen) atoms. The average molecular weight is 392 g/mol. The van der Waals surface area contributed by atoms with Crippen molar-refractivity contribution in [2.45, 2.75) is 32.2 Å². The molecule has 1 saturated heterocycles. The molecule has 0 saturated carbocycles. The number of ether oxygens (including phenoxy) is 2. The van der Waals surface area contributed by atoms with Crippen LogP contribution in [0.1, 0.15) is 24.1 Å². The van der Waals surface area contributed by atoms with Crippen LogP contribution in [0.3, 0.4) is 0 Å². The summed E-state index contributed by atoms with van der Waals surface area (Å²) in [4.78, 5) is 9.57. The summed E-state index contributed by atoms with van der Waals surface area (Å²) in [6, 6.07) is 10.4. The van der Waals surface area contributed by atoms with Crippen LogP contribution in [0, 0.1) is 6.92 Å². The predicted molar refractivity (Wildman–Crippen MR) is 111 cm³/mol. The van der Waals surface area contributed by atoms with Crippen molar-refractivity contribution in [3.63, 3.8) is 0 Å². The number of hydrogen-bond acceptors (Lipinski definition) is 7. The third-order valence-corrected chi connectivity index (χ3v) is 5.22. The molecule has 3 aromatic rings. The van der Waals surface area contributed by atoms with Gasteiger partial charge in [-0.05, 0) is 31.4 Å². The van der Waals surface area contributed by atoms with Gasteiger partial charge in [0.2, 0.25) is 0 Å². The zero-order valence-electron chi connectivity index (χ0n) is 16.4. The van der Waals surface area contributed by atoms with E-state index in [0.717, 1.165) is 61.1 Å². The van der Waals surface area contributed by atoms with Crippen molar-refractivity contribution in [1.82, 2.24) is 20.2 Å². The lowest BCUT2D eigenvalue weighted by molar-refractivity contribution is 0.0904. The van der Waals surface area contributed by atoms with Crippen molar-refractivity contribution >= 4 is 17.5 Å². The van der Waals surface area contributed by atoms with Crippen LogP contribution < -0.4 is 15.4 Å². The summed E-state index contributed by atoms with van der Waals surface area (Å²) in [5.41, 5.74) is 3.10. The summed E-state index contributed by atoms with van der Waals surface area (Å²) in [6.45, 7) is 4.21. The number of aryl methyl sites for hydroxylation is 1. The molecule has 0 amide bonds. The minimum Gasteiger partial charge on any atom is -0.492 e. The van der Waals surface area contributed by atoms with E-state index < -0.39 is 0 Å². The Balaban J connectivity index is 1.51. The Labute approximate surface area is 169 Å². The summed E-state index contributed by atoms with van der Waals surface area (Å²) in [7, 11) is 0. The van der Waals surface area contributed by atoms with Gasteiger partial charge in [-0.2, -0.15) is 5.10 Å². The van der Waals surface area contributed by atoms with Crippen LogP contribution >= 0.6 is 0 Å². The molecule has 3 N–H and O–H groups in total. The molecule has 2 aliphatic heterocycles. The molecule has 0 bridgehead atoms. The molecule has 1 aromatic carbocycles. The molecule has 150 valence electrons. The molecule has 1 fully saturated rings. The Morgan fingerprint density at radius 1 is 1.03 bits per heavy atom. The maximum absolute atomic E-state index is 5.88. The molecule has 0 radical (unpaired) electrons. The van der Waals surface area contributed by atoms with Crippen molar-refractivity contribution < 1.29 is 9.47 Å². The van der Waals surface area contributed by atoms with Crippen LogP contribution in [0.4, 0.5) is 17.5 Å². The summed E-state index contributed by atoms with van der Waals surface area (Å²) in [5, 5.41) is 14.0. The second-order valence-corrected chi connectivity index (χ2v) is 7.45. The number of nitrogens with zero attached hydrogens (tertiary/aromatic N) is 3. The molecule has 0 aliphatic carbocycles. The van der Waals surface area contributed by atoms with E-state index in [9.17, 15) is 0 Å². The van der Waals surface area contributed by atoms with E-state index in [1.165, 1.54) is 5.56 Å². The normalized spacial score (nSPS) is 16.3. The summed E-state index contributed by atoms with van der Waals surface area (Å²) in [5.74, 6) is 3.71. The molecular weight excluding hydrogens is 368 g/mol. The van der Waals surface area contributed by atoms with Gasteiger partial charge in [-0.25, -0.2) is 9.97 Å². The Morgan fingerprint density at radius 2 is 1.90 bits per heavy atom. The van der Waals surface area contributed by atoms with Crippen molar-refractivity contribution in [3.8, 4) is 17.1 Å². The van der Waals surface area contributed by atoms with Crippen LogP contribution in [-0.2, 0) is 11.2 Å². The molecule has 0 unspecified atom stereocenters. The number of rotatable bonds is 5. The molecular formula is C21H24N6O2. The fourth-order valence-corrected chi connectivity index (χ4v) is 3.76. The van der Waals surface area contributed by atoms with Gasteiger partial charge in [0.15, 0.2) is 11.6 Å². The van der Waals surface area contributed by atoms with Crippen LogP contribution in [-0.4, -0.2) is 46.0 Å². The SMILES string of the molecule is Cc1cc(Nc2cc(NC3CCOCC3)nc(-c3cccc4c3OCC4)n2)n[nH]1. The third kappa shape index (κ3) is 3.88. The number of nitrogens with one attached hydrogen (secondary N) is 3. The standard InChI is InChI=1S/C21H24N6O2/c1-13-11-19(27-26-13)23-18-12-17(22-15-6-8-28-9-7-15)24-21(25-18)16-4-2-3-14-5-10-29-20(14)16/h2-4,11-12,15H,5-10H2,1H3,(H3,22,23,24,25,26,27). The Bertz CT molecular complexity index is 1010. The highest BCUT2D eigenvalue weighted by atomic mass is 16.5.